The molecule has 1 aromatic carbocycles. The van der Waals surface area contributed by atoms with E-state index in [1.807, 2.05) is 32.8 Å². The van der Waals surface area contributed by atoms with Crippen molar-refractivity contribution < 1.29 is 4.39 Å². The Morgan fingerprint density at radius 2 is 1.85 bits per heavy atom. The van der Waals surface area contributed by atoms with E-state index in [4.69, 9.17) is 0 Å². The maximum Gasteiger partial charge on any atom is 0.229 e. The lowest BCUT2D eigenvalue weighted by Gasteiger charge is -2.13. The highest BCUT2D eigenvalue weighted by Crippen LogP contribution is 2.31. The number of halogens is 1. The monoisotopic (exact) mass is 405 g/mol. The number of hydrogen-bond donors (Lipinski definition) is 1. The quantitative estimate of drug-likeness (QED) is 0.636. The summed E-state index contributed by atoms with van der Waals surface area (Å²) in [6, 6.07) is 6.35. The Morgan fingerprint density at radius 3 is 2.52 bits per heavy atom. The number of aromatic nitrogens is 5. The molecule has 142 valence electrons. The lowest BCUT2D eigenvalue weighted by molar-refractivity contribution is 0.627. The van der Waals surface area contributed by atoms with Crippen LogP contribution in [0.4, 0.5) is 15.5 Å². The number of hydrogen-bond acceptors (Lipinski definition) is 9. The van der Waals surface area contributed by atoms with Crippen LogP contribution in [-0.4, -0.2) is 39.2 Å². The zero-order valence-electron chi connectivity index (χ0n) is 15.5. The Balaban J connectivity index is 1.69. The van der Waals surface area contributed by atoms with Crippen molar-refractivity contribution in [3.63, 3.8) is 0 Å². The fourth-order valence-corrected chi connectivity index (χ4v) is 3.65. The van der Waals surface area contributed by atoms with Crippen LogP contribution in [0.1, 0.15) is 31.2 Å². The van der Waals surface area contributed by atoms with Gasteiger partial charge >= 0.3 is 0 Å². The van der Waals surface area contributed by atoms with E-state index in [0.29, 0.717) is 22.8 Å². The van der Waals surface area contributed by atoms with Crippen molar-refractivity contribution in [2.75, 3.05) is 24.3 Å². The van der Waals surface area contributed by atoms with Gasteiger partial charge < -0.3 is 10.2 Å². The lowest BCUT2D eigenvalue weighted by Crippen LogP contribution is -2.15. The summed E-state index contributed by atoms with van der Waals surface area (Å²) in [5.41, 5.74) is 0.968. The van der Waals surface area contributed by atoms with E-state index >= 15 is 0 Å². The van der Waals surface area contributed by atoms with E-state index < -0.39 is 0 Å². The topological polar surface area (TPSA) is 79.7 Å². The molecular formula is C17H20FN7S2. The molecule has 0 saturated heterocycles. The first-order chi connectivity index (χ1) is 12.9. The van der Waals surface area contributed by atoms with Gasteiger partial charge in [0.15, 0.2) is 9.50 Å². The number of nitrogens with one attached hydrogen (secondary N) is 1. The summed E-state index contributed by atoms with van der Waals surface area (Å²) in [6.07, 6.45) is 0. The van der Waals surface area contributed by atoms with Gasteiger partial charge in [0.2, 0.25) is 11.1 Å². The summed E-state index contributed by atoms with van der Waals surface area (Å²) >= 11 is 2.78. The van der Waals surface area contributed by atoms with Crippen molar-refractivity contribution in [3.05, 3.63) is 41.5 Å². The largest absolute Gasteiger partial charge is 0.356 e. The molecule has 1 N–H and O–H groups in total. The van der Waals surface area contributed by atoms with Gasteiger partial charge in [-0.15, -0.1) is 10.2 Å². The Hall–Kier alpha value is -2.33. The zero-order chi connectivity index (χ0) is 19.4. The van der Waals surface area contributed by atoms with Crippen LogP contribution >= 0.6 is 23.1 Å². The van der Waals surface area contributed by atoms with Crippen LogP contribution in [0, 0.1) is 5.82 Å². The predicted molar refractivity (Wildman–Crippen MR) is 106 cm³/mol. The minimum absolute atomic E-state index is 0.202. The molecule has 3 rings (SSSR count). The van der Waals surface area contributed by atoms with Gasteiger partial charge in [-0.2, -0.15) is 9.97 Å². The molecule has 0 aliphatic rings. The molecule has 0 aliphatic carbocycles. The summed E-state index contributed by atoms with van der Waals surface area (Å²) < 4.78 is 13.7. The SMILES string of the molecule is CC(C)c1nc(Sc2nnc(NCc3ccc(F)cc3)s2)nc(N(C)C)n1. The first-order valence-corrected chi connectivity index (χ1v) is 9.97. The molecular weight excluding hydrogens is 385 g/mol. The number of nitrogens with zero attached hydrogens (tertiary/aromatic N) is 6. The maximum absolute atomic E-state index is 13.0. The van der Waals surface area contributed by atoms with E-state index in [1.165, 1.54) is 35.2 Å². The van der Waals surface area contributed by atoms with Crippen LogP contribution in [0.5, 0.6) is 0 Å². The highest BCUT2D eigenvalue weighted by molar-refractivity contribution is 8.00. The third-order valence-electron chi connectivity index (χ3n) is 3.48. The fourth-order valence-electron chi connectivity index (χ4n) is 2.05. The molecule has 0 unspecified atom stereocenters. The van der Waals surface area contributed by atoms with Gasteiger partial charge in [-0.3, -0.25) is 0 Å². The van der Waals surface area contributed by atoms with Gasteiger partial charge in [0, 0.05) is 26.6 Å². The van der Waals surface area contributed by atoms with Gasteiger partial charge in [0.25, 0.3) is 0 Å². The van der Waals surface area contributed by atoms with Crippen molar-refractivity contribution in [1.82, 2.24) is 25.1 Å². The third-order valence-corrected chi connectivity index (χ3v) is 5.28. The van der Waals surface area contributed by atoms with E-state index in [-0.39, 0.29) is 11.7 Å². The summed E-state index contributed by atoms with van der Waals surface area (Å²) in [6.45, 7) is 4.64. The number of rotatable bonds is 7. The summed E-state index contributed by atoms with van der Waals surface area (Å²) in [4.78, 5) is 15.3. The standard InChI is InChI=1S/C17H20FN7S2/c1-10(2)13-20-14(25(3)4)22-16(21-13)27-17-24-23-15(26-17)19-9-11-5-7-12(18)8-6-11/h5-8,10H,9H2,1-4H3,(H,19,23). The van der Waals surface area contributed by atoms with Gasteiger partial charge in [-0.1, -0.05) is 37.3 Å². The highest BCUT2D eigenvalue weighted by atomic mass is 32.2. The van der Waals surface area contributed by atoms with Crippen LogP contribution < -0.4 is 10.2 Å². The van der Waals surface area contributed by atoms with Crippen LogP contribution in [0.25, 0.3) is 0 Å². The summed E-state index contributed by atoms with van der Waals surface area (Å²) in [7, 11) is 3.80. The van der Waals surface area contributed by atoms with Crippen molar-refractivity contribution in [2.45, 2.75) is 35.8 Å². The molecule has 0 atom stereocenters. The zero-order valence-corrected chi connectivity index (χ0v) is 17.1. The van der Waals surface area contributed by atoms with Crippen LogP contribution in [0.3, 0.4) is 0 Å². The predicted octanol–water partition coefficient (Wildman–Crippen LogP) is 3.81. The second-order valence-corrected chi connectivity index (χ2v) is 8.47. The Kier molecular flexibility index (Phi) is 6.17. The Bertz CT molecular complexity index is 870. The average molecular weight is 406 g/mol. The Morgan fingerprint density at radius 1 is 1.11 bits per heavy atom. The van der Waals surface area contributed by atoms with Crippen molar-refractivity contribution >= 4 is 34.2 Å². The van der Waals surface area contributed by atoms with Gasteiger partial charge in [-0.25, -0.2) is 9.37 Å². The first-order valence-electron chi connectivity index (χ1n) is 8.33. The molecule has 0 saturated carbocycles. The second kappa shape index (κ2) is 8.57. The van der Waals surface area contributed by atoms with Crippen molar-refractivity contribution in [1.29, 1.82) is 0 Å². The Labute approximate surface area is 165 Å². The molecule has 0 radical (unpaired) electrons. The smallest absolute Gasteiger partial charge is 0.229 e. The first kappa shape index (κ1) is 19.4. The van der Waals surface area contributed by atoms with Gasteiger partial charge in [-0.05, 0) is 29.5 Å². The van der Waals surface area contributed by atoms with Gasteiger partial charge in [0.1, 0.15) is 11.6 Å². The molecule has 2 heterocycles. The van der Waals surface area contributed by atoms with Gasteiger partial charge in [0.05, 0.1) is 0 Å². The lowest BCUT2D eigenvalue weighted by atomic mass is 10.2. The molecule has 0 fully saturated rings. The molecule has 3 aromatic rings. The molecule has 7 nitrogen and oxygen atoms in total. The fraction of sp³-hybridized carbons (Fsp3) is 0.353. The minimum atomic E-state index is -0.247. The average Bonchev–Trinajstić information content (AvgIpc) is 3.08. The molecule has 0 bridgehead atoms. The summed E-state index contributed by atoms with van der Waals surface area (Å²) in [5, 5.41) is 12.8. The molecule has 0 aliphatic heterocycles. The van der Waals surface area contributed by atoms with Crippen LogP contribution in [0.15, 0.2) is 33.8 Å². The number of anilines is 2. The second-order valence-electron chi connectivity index (χ2n) is 6.28. The third kappa shape index (κ3) is 5.33. The van der Waals surface area contributed by atoms with E-state index in [1.54, 1.807) is 12.1 Å². The maximum atomic E-state index is 13.0. The van der Waals surface area contributed by atoms with E-state index in [9.17, 15) is 4.39 Å². The molecule has 10 heteroatoms. The minimum Gasteiger partial charge on any atom is -0.356 e. The number of benzene rings is 1. The molecule has 0 amide bonds. The normalized spacial score (nSPS) is 11.0. The summed E-state index contributed by atoms with van der Waals surface area (Å²) in [5.74, 6) is 1.32. The highest BCUT2D eigenvalue weighted by Gasteiger charge is 2.14. The van der Waals surface area contributed by atoms with Crippen LogP contribution in [0.2, 0.25) is 0 Å². The van der Waals surface area contributed by atoms with Crippen LogP contribution in [-0.2, 0) is 6.54 Å². The molecule has 2 aromatic heterocycles. The van der Waals surface area contributed by atoms with E-state index in [0.717, 1.165) is 15.7 Å². The van der Waals surface area contributed by atoms with E-state index in [2.05, 4.69) is 30.5 Å². The molecule has 0 spiro atoms. The van der Waals surface area contributed by atoms with Crippen molar-refractivity contribution in [3.8, 4) is 0 Å². The molecule has 27 heavy (non-hydrogen) atoms. The van der Waals surface area contributed by atoms with Crippen molar-refractivity contribution in [2.24, 2.45) is 0 Å².